The Morgan fingerprint density at radius 1 is 1.07 bits per heavy atom. The van der Waals surface area contributed by atoms with Gasteiger partial charge in [-0.1, -0.05) is 13.3 Å². The summed E-state index contributed by atoms with van der Waals surface area (Å²) >= 11 is 0. The van der Waals surface area contributed by atoms with E-state index in [1.165, 1.54) is 19.3 Å². The van der Waals surface area contributed by atoms with E-state index in [2.05, 4.69) is 46.1 Å². The molecule has 40 heavy (non-hydrogen) atoms. The number of anilines is 1. The second-order valence-electron chi connectivity index (χ2n) is 11.3. The maximum atomic E-state index is 14.0. The lowest BCUT2D eigenvalue weighted by atomic mass is 9.95. The largest absolute Gasteiger partial charge is 0.460 e. The Balaban J connectivity index is 1.55. The van der Waals surface area contributed by atoms with Gasteiger partial charge in [0.15, 0.2) is 0 Å². The molecule has 2 aliphatic rings. The Kier molecular flexibility index (Phi) is 8.96. The number of likely N-dealkylation sites (tertiary alicyclic amines) is 1. The number of aromatic nitrogens is 1. The zero-order valence-corrected chi connectivity index (χ0v) is 24.5. The number of aromatic amines is 1. The number of hydrogen-bond donors (Lipinski definition) is 2. The van der Waals surface area contributed by atoms with E-state index in [0.717, 1.165) is 91.5 Å². The average molecular weight is 549 g/mol. The van der Waals surface area contributed by atoms with Crippen molar-refractivity contribution in [3.8, 4) is 0 Å². The number of ether oxygens (including phenoxy) is 1. The molecule has 5 rings (SSSR count). The van der Waals surface area contributed by atoms with Crippen molar-refractivity contribution in [2.75, 3.05) is 37.7 Å². The first-order valence-electron chi connectivity index (χ1n) is 15.0. The van der Waals surface area contributed by atoms with Gasteiger partial charge in [0.25, 0.3) is 11.5 Å². The molecule has 8 nitrogen and oxygen atoms in total. The summed E-state index contributed by atoms with van der Waals surface area (Å²) in [5.74, 6) is 0.724. The number of rotatable bonds is 9. The molecule has 0 radical (unpaired) electrons. The van der Waals surface area contributed by atoms with Gasteiger partial charge in [0, 0.05) is 60.7 Å². The molecule has 4 heterocycles. The fraction of sp³-hybridized carbons (Fsp3) is 0.562. The van der Waals surface area contributed by atoms with E-state index in [4.69, 9.17) is 9.15 Å². The Morgan fingerprint density at radius 3 is 2.50 bits per heavy atom. The highest BCUT2D eigenvalue weighted by molar-refractivity contribution is 6.09. The molecule has 8 heteroatoms. The zero-order valence-electron chi connectivity index (χ0n) is 24.5. The molecule has 0 spiro atoms. The minimum absolute atomic E-state index is 0.156. The van der Waals surface area contributed by atoms with Crippen molar-refractivity contribution in [3.05, 3.63) is 62.3 Å². The number of nitrogens with zero attached hydrogens (tertiary/aromatic N) is 2. The van der Waals surface area contributed by atoms with Gasteiger partial charge in [0.2, 0.25) is 0 Å². The summed E-state index contributed by atoms with van der Waals surface area (Å²) in [6.45, 7) is 13.5. The fourth-order valence-electron chi connectivity index (χ4n) is 6.53. The van der Waals surface area contributed by atoms with E-state index >= 15 is 0 Å². The van der Waals surface area contributed by atoms with Crippen LogP contribution in [0.5, 0.6) is 0 Å². The Labute approximate surface area is 237 Å². The van der Waals surface area contributed by atoms with Gasteiger partial charge >= 0.3 is 0 Å². The number of benzene rings is 1. The van der Waals surface area contributed by atoms with Crippen LogP contribution in [0.25, 0.3) is 11.0 Å². The first-order valence-corrected chi connectivity index (χ1v) is 15.0. The summed E-state index contributed by atoms with van der Waals surface area (Å²) in [5.41, 5.74) is 5.62. The molecule has 2 fully saturated rings. The van der Waals surface area contributed by atoms with Gasteiger partial charge in [-0.15, -0.1) is 0 Å². The van der Waals surface area contributed by atoms with E-state index in [1.54, 1.807) is 0 Å². The minimum Gasteiger partial charge on any atom is -0.460 e. The van der Waals surface area contributed by atoms with E-state index in [-0.39, 0.29) is 18.0 Å². The fourth-order valence-corrected chi connectivity index (χ4v) is 6.53. The molecule has 2 saturated heterocycles. The molecular formula is C32H44N4O4. The molecule has 0 saturated carbocycles. The average Bonchev–Trinajstić information content (AvgIpc) is 3.34. The molecule has 0 atom stereocenters. The van der Waals surface area contributed by atoms with Gasteiger partial charge < -0.3 is 24.4 Å². The number of carbonyl (C=O) groups is 1. The smallest absolute Gasteiger partial charge is 0.253 e. The second kappa shape index (κ2) is 12.6. The van der Waals surface area contributed by atoms with Crippen LogP contribution in [0.4, 0.5) is 5.69 Å². The first kappa shape index (κ1) is 28.4. The number of H-pyrrole nitrogens is 1. The van der Waals surface area contributed by atoms with Crippen LogP contribution in [0.1, 0.15) is 84.5 Å². The summed E-state index contributed by atoms with van der Waals surface area (Å²) in [5, 5.41) is 3.94. The molecule has 0 aliphatic carbocycles. The number of amides is 1. The number of pyridine rings is 1. The zero-order chi connectivity index (χ0) is 28.2. The molecule has 1 amide bonds. The van der Waals surface area contributed by atoms with Crippen molar-refractivity contribution in [2.24, 2.45) is 0 Å². The van der Waals surface area contributed by atoms with Crippen molar-refractivity contribution in [1.29, 1.82) is 0 Å². The van der Waals surface area contributed by atoms with E-state index < -0.39 is 0 Å². The molecule has 1 aromatic carbocycles. The number of aryl methyl sites for hydroxylation is 2. The highest BCUT2D eigenvalue weighted by atomic mass is 16.5. The van der Waals surface area contributed by atoms with E-state index in [9.17, 15) is 9.59 Å². The second-order valence-corrected chi connectivity index (χ2v) is 11.3. The van der Waals surface area contributed by atoms with Gasteiger partial charge in [-0.3, -0.25) is 14.5 Å². The standard InChI is InChI=1S/C32H44N4O4/c1-5-25-28(36(6-2)23-10-14-39-15-11-23)18-29-26(17-24(40-29)20-35-12-8-7-9-13-35)30(25)32(38)33-19-27-21(3)16-22(4)34-31(27)37/h16-18,23H,5-15,19-20H2,1-4H3,(H,33,38)(H,34,37). The van der Waals surface area contributed by atoms with Crippen molar-refractivity contribution < 1.29 is 13.9 Å². The summed E-state index contributed by atoms with van der Waals surface area (Å²) in [7, 11) is 0. The number of carbonyl (C=O) groups excluding carboxylic acids is 1. The highest BCUT2D eigenvalue weighted by Gasteiger charge is 2.28. The predicted octanol–water partition coefficient (Wildman–Crippen LogP) is 5.22. The van der Waals surface area contributed by atoms with Crippen LogP contribution in [0.2, 0.25) is 0 Å². The molecule has 3 aromatic rings. The van der Waals surface area contributed by atoms with E-state index in [1.807, 2.05) is 19.9 Å². The molecule has 2 N–H and O–H groups in total. The van der Waals surface area contributed by atoms with Gasteiger partial charge in [-0.25, -0.2) is 0 Å². The van der Waals surface area contributed by atoms with Crippen LogP contribution < -0.4 is 15.8 Å². The topological polar surface area (TPSA) is 90.8 Å². The van der Waals surface area contributed by atoms with E-state index in [0.29, 0.717) is 23.6 Å². The number of hydrogen-bond acceptors (Lipinski definition) is 6. The van der Waals surface area contributed by atoms with Gasteiger partial charge in [-0.05, 0) is 89.2 Å². The van der Waals surface area contributed by atoms with Crippen LogP contribution >= 0.6 is 0 Å². The van der Waals surface area contributed by atoms with Crippen molar-refractivity contribution in [1.82, 2.24) is 15.2 Å². The maximum absolute atomic E-state index is 14.0. The van der Waals surface area contributed by atoms with Crippen molar-refractivity contribution in [2.45, 2.75) is 85.4 Å². The van der Waals surface area contributed by atoms with Gasteiger partial charge in [0.1, 0.15) is 11.3 Å². The lowest BCUT2D eigenvalue weighted by molar-refractivity contribution is 0.0845. The molecule has 216 valence electrons. The third-order valence-corrected chi connectivity index (χ3v) is 8.57. The summed E-state index contributed by atoms with van der Waals surface area (Å²) in [4.78, 5) is 34.4. The Bertz CT molecular complexity index is 1400. The van der Waals surface area contributed by atoms with Gasteiger partial charge in [0.05, 0.1) is 12.1 Å². The van der Waals surface area contributed by atoms with Crippen LogP contribution in [-0.2, 0) is 24.2 Å². The SMILES string of the molecule is CCc1c(N(CC)C2CCOCC2)cc2oc(CN3CCCCC3)cc2c1C(=O)NCc1c(C)cc(C)[nH]c1=O. The molecule has 0 bridgehead atoms. The highest BCUT2D eigenvalue weighted by Crippen LogP contribution is 2.37. The minimum atomic E-state index is -0.170. The van der Waals surface area contributed by atoms with Crippen LogP contribution in [0, 0.1) is 13.8 Å². The van der Waals surface area contributed by atoms with Crippen LogP contribution in [0.15, 0.2) is 27.4 Å². The predicted molar refractivity (Wildman–Crippen MR) is 159 cm³/mol. The Hall–Kier alpha value is -3.10. The molecular weight excluding hydrogens is 504 g/mol. The third-order valence-electron chi connectivity index (χ3n) is 8.57. The first-order chi connectivity index (χ1) is 19.4. The maximum Gasteiger partial charge on any atom is 0.253 e. The monoisotopic (exact) mass is 548 g/mol. The molecule has 0 unspecified atom stereocenters. The number of piperidine rings is 1. The van der Waals surface area contributed by atoms with Crippen molar-refractivity contribution in [3.63, 3.8) is 0 Å². The molecule has 2 aliphatic heterocycles. The summed E-state index contributed by atoms with van der Waals surface area (Å²) < 4.78 is 12.1. The normalized spacial score (nSPS) is 16.9. The summed E-state index contributed by atoms with van der Waals surface area (Å²) in [6, 6.07) is 6.51. The van der Waals surface area contributed by atoms with Crippen molar-refractivity contribution >= 4 is 22.6 Å². The number of nitrogens with one attached hydrogen (secondary N) is 2. The van der Waals surface area contributed by atoms with Crippen LogP contribution in [-0.4, -0.2) is 54.7 Å². The number of furan rings is 1. The Morgan fingerprint density at radius 2 is 1.82 bits per heavy atom. The third kappa shape index (κ3) is 5.98. The number of fused-ring (bicyclic) bond motifs is 1. The van der Waals surface area contributed by atoms with Gasteiger partial charge in [-0.2, -0.15) is 0 Å². The van der Waals surface area contributed by atoms with Crippen LogP contribution in [0.3, 0.4) is 0 Å². The summed E-state index contributed by atoms with van der Waals surface area (Å²) in [6.07, 6.45) is 6.35. The molecule has 2 aromatic heterocycles. The quantitative estimate of drug-likeness (QED) is 0.381. The lowest BCUT2D eigenvalue weighted by Gasteiger charge is -2.37. The lowest BCUT2D eigenvalue weighted by Crippen LogP contribution is -2.40.